The lowest BCUT2D eigenvalue weighted by molar-refractivity contribution is -0.660. The van der Waals surface area contributed by atoms with Gasteiger partial charge in [0.05, 0.1) is 11.1 Å². The van der Waals surface area contributed by atoms with Gasteiger partial charge in [-0.2, -0.15) is 5.26 Å². The van der Waals surface area contributed by atoms with E-state index in [0.717, 1.165) is 38.7 Å². The van der Waals surface area contributed by atoms with Gasteiger partial charge in [0.25, 0.3) is 0 Å². The van der Waals surface area contributed by atoms with E-state index >= 15 is 0 Å². The van der Waals surface area contributed by atoms with Gasteiger partial charge in [-0.25, -0.2) is 4.57 Å². The van der Waals surface area contributed by atoms with Crippen molar-refractivity contribution in [2.24, 2.45) is 7.05 Å². The summed E-state index contributed by atoms with van der Waals surface area (Å²) in [6.07, 6.45) is 2.03. The number of rotatable bonds is 1. The molecule has 0 aliphatic carbocycles. The van der Waals surface area contributed by atoms with Gasteiger partial charge < -0.3 is 4.42 Å². The number of nitriles is 1. The molecule has 116 valence electrons. The summed E-state index contributed by atoms with van der Waals surface area (Å²) in [5, 5.41) is 11.6. The lowest BCUT2D eigenvalue weighted by atomic mass is 9.95. The molecule has 0 bridgehead atoms. The van der Waals surface area contributed by atoms with Crippen LogP contribution in [0.25, 0.3) is 33.2 Å². The molecular weight excluding hydrogens is 296 g/mol. The number of furan rings is 1. The Morgan fingerprint density at radius 3 is 2.58 bits per heavy atom. The first kappa shape index (κ1) is 14.5. The van der Waals surface area contributed by atoms with Gasteiger partial charge in [0, 0.05) is 22.9 Å². The Labute approximate surface area is 140 Å². The quantitative estimate of drug-likeness (QED) is 0.483. The molecule has 0 radical (unpaired) electrons. The Kier molecular flexibility index (Phi) is 3.14. The fourth-order valence-corrected chi connectivity index (χ4v) is 3.45. The Bertz CT molecular complexity index is 1150. The molecule has 0 aliphatic heterocycles. The van der Waals surface area contributed by atoms with Crippen molar-refractivity contribution < 1.29 is 8.98 Å². The Morgan fingerprint density at radius 1 is 1.00 bits per heavy atom. The molecule has 0 atom stereocenters. The van der Waals surface area contributed by atoms with Gasteiger partial charge in [-0.15, -0.1) is 0 Å². The average molecular weight is 313 g/mol. The van der Waals surface area contributed by atoms with Gasteiger partial charge >= 0.3 is 0 Å². The van der Waals surface area contributed by atoms with E-state index in [4.69, 9.17) is 4.42 Å². The van der Waals surface area contributed by atoms with Crippen molar-refractivity contribution in [3.8, 4) is 17.3 Å². The minimum atomic E-state index is 0.584. The maximum Gasteiger partial charge on any atom is 0.213 e. The van der Waals surface area contributed by atoms with E-state index in [1.807, 2.05) is 50.5 Å². The normalized spacial score (nSPS) is 11.1. The molecule has 4 aromatic rings. The number of fused-ring (bicyclic) bond motifs is 3. The van der Waals surface area contributed by atoms with Gasteiger partial charge in [-0.1, -0.05) is 18.2 Å². The third-order valence-corrected chi connectivity index (χ3v) is 4.59. The van der Waals surface area contributed by atoms with E-state index < -0.39 is 0 Å². The van der Waals surface area contributed by atoms with Crippen molar-refractivity contribution in [3.05, 3.63) is 65.4 Å². The summed E-state index contributed by atoms with van der Waals surface area (Å²) in [6.45, 7) is 4.09. The van der Waals surface area contributed by atoms with Crippen LogP contribution in [-0.2, 0) is 7.05 Å². The van der Waals surface area contributed by atoms with E-state index in [1.54, 1.807) is 0 Å². The van der Waals surface area contributed by atoms with Crippen molar-refractivity contribution in [2.75, 3.05) is 0 Å². The molecule has 0 spiro atoms. The summed E-state index contributed by atoms with van der Waals surface area (Å²) in [5.74, 6) is 0. The number of hydrogen-bond acceptors (Lipinski definition) is 2. The number of para-hydroxylation sites is 1. The van der Waals surface area contributed by atoms with Crippen molar-refractivity contribution in [2.45, 2.75) is 13.8 Å². The molecule has 0 saturated heterocycles. The van der Waals surface area contributed by atoms with Gasteiger partial charge in [0.2, 0.25) is 5.69 Å². The highest BCUT2D eigenvalue weighted by atomic mass is 16.3. The number of hydrogen-bond donors (Lipinski definition) is 0. The van der Waals surface area contributed by atoms with E-state index in [-0.39, 0.29) is 0 Å². The Morgan fingerprint density at radius 2 is 1.83 bits per heavy atom. The molecule has 0 unspecified atom stereocenters. The van der Waals surface area contributed by atoms with Crippen molar-refractivity contribution in [3.63, 3.8) is 0 Å². The molecule has 0 aliphatic rings. The lowest BCUT2D eigenvalue weighted by Gasteiger charge is -2.07. The monoisotopic (exact) mass is 313 g/mol. The van der Waals surface area contributed by atoms with Gasteiger partial charge in [0.1, 0.15) is 18.7 Å². The number of nitrogens with zero attached hydrogens (tertiary/aromatic N) is 2. The average Bonchev–Trinajstić information content (AvgIpc) is 2.96. The molecule has 0 saturated carbocycles. The minimum absolute atomic E-state index is 0.584. The molecule has 2 aromatic carbocycles. The second-order valence-corrected chi connectivity index (χ2v) is 6.18. The molecule has 2 aromatic heterocycles. The smallest absolute Gasteiger partial charge is 0.213 e. The van der Waals surface area contributed by atoms with Gasteiger partial charge in [-0.05, 0) is 37.1 Å². The van der Waals surface area contributed by atoms with Gasteiger partial charge in [0.15, 0.2) is 11.8 Å². The minimum Gasteiger partial charge on any atom is -0.454 e. The van der Waals surface area contributed by atoms with Crippen LogP contribution in [0.3, 0.4) is 0 Å². The van der Waals surface area contributed by atoms with Crippen LogP contribution in [0.5, 0.6) is 0 Å². The molecule has 0 fully saturated rings. The second-order valence-electron chi connectivity index (χ2n) is 6.18. The molecule has 2 heterocycles. The number of aryl methyl sites for hydroxylation is 3. The third kappa shape index (κ3) is 1.93. The molecule has 4 rings (SSSR count). The zero-order valence-electron chi connectivity index (χ0n) is 13.9. The Balaban J connectivity index is 2.29. The zero-order chi connectivity index (χ0) is 16.8. The number of benzene rings is 2. The fraction of sp³-hybridized carbons (Fsp3) is 0.143. The Hall–Kier alpha value is -3.12. The third-order valence-electron chi connectivity index (χ3n) is 4.59. The van der Waals surface area contributed by atoms with Crippen LogP contribution in [-0.4, -0.2) is 0 Å². The number of aromatic nitrogens is 1. The van der Waals surface area contributed by atoms with E-state index in [9.17, 15) is 5.26 Å². The predicted octanol–water partition coefficient (Wildman–Crippen LogP) is 4.57. The van der Waals surface area contributed by atoms with Crippen LogP contribution in [0, 0.1) is 25.2 Å². The van der Waals surface area contributed by atoms with Crippen molar-refractivity contribution in [1.82, 2.24) is 0 Å². The number of pyridine rings is 1. The highest BCUT2D eigenvalue weighted by molar-refractivity contribution is 6.14. The SMILES string of the molecule is Cc1cc(C#N)c2oc3c(C)cccc3c2c1-c1cccc[n+]1C. The van der Waals surface area contributed by atoms with Crippen LogP contribution in [0.2, 0.25) is 0 Å². The highest BCUT2D eigenvalue weighted by Crippen LogP contribution is 2.40. The largest absolute Gasteiger partial charge is 0.454 e. The summed E-state index contributed by atoms with van der Waals surface area (Å²) < 4.78 is 8.23. The predicted molar refractivity (Wildman–Crippen MR) is 94.5 cm³/mol. The zero-order valence-corrected chi connectivity index (χ0v) is 13.9. The molecule has 24 heavy (non-hydrogen) atoms. The molecule has 0 amide bonds. The summed E-state index contributed by atoms with van der Waals surface area (Å²) in [6, 6.07) is 16.5. The van der Waals surface area contributed by atoms with Crippen LogP contribution in [0.15, 0.2) is 53.1 Å². The van der Waals surface area contributed by atoms with E-state index in [2.05, 4.69) is 29.7 Å². The van der Waals surface area contributed by atoms with E-state index in [0.29, 0.717) is 11.1 Å². The fourth-order valence-electron chi connectivity index (χ4n) is 3.45. The maximum atomic E-state index is 9.56. The highest BCUT2D eigenvalue weighted by Gasteiger charge is 2.23. The first-order valence-corrected chi connectivity index (χ1v) is 7.92. The molecule has 0 N–H and O–H groups in total. The first-order chi connectivity index (χ1) is 11.6. The van der Waals surface area contributed by atoms with Crippen LogP contribution < -0.4 is 4.57 Å². The van der Waals surface area contributed by atoms with Crippen molar-refractivity contribution >= 4 is 21.9 Å². The summed E-state index contributed by atoms with van der Waals surface area (Å²) in [4.78, 5) is 0. The molecule has 3 heteroatoms. The van der Waals surface area contributed by atoms with Crippen LogP contribution in [0.1, 0.15) is 16.7 Å². The molecule has 3 nitrogen and oxygen atoms in total. The summed E-state index contributed by atoms with van der Waals surface area (Å²) in [7, 11) is 2.03. The summed E-state index contributed by atoms with van der Waals surface area (Å²) in [5.41, 5.74) is 6.49. The standard InChI is InChI=1S/C21H17N2O/c1-13-7-6-8-16-19-18(17-9-4-5-10-23(17)3)14(2)11-15(12-22)21(19)24-20(13)16/h4-11H,1-3H3/q+1. The topological polar surface area (TPSA) is 40.8 Å². The maximum absolute atomic E-state index is 9.56. The molecular formula is C21H17N2O+. The summed E-state index contributed by atoms with van der Waals surface area (Å²) >= 11 is 0. The van der Waals surface area contributed by atoms with E-state index in [1.165, 1.54) is 0 Å². The first-order valence-electron chi connectivity index (χ1n) is 7.92. The van der Waals surface area contributed by atoms with Crippen molar-refractivity contribution in [1.29, 1.82) is 5.26 Å². The second kappa shape index (κ2) is 5.21. The van der Waals surface area contributed by atoms with Crippen LogP contribution in [0.4, 0.5) is 0 Å². The lowest BCUT2D eigenvalue weighted by Crippen LogP contribution is -2.30. The van der Waals surface area contributed by atoms with Crippen LogP contribution >= 0.6 is 0 Å². The van der Waals surface area contributed by atoms with Gasteiger partial charge in [-0.3, -0.25) is 0 Å².